The number of hydrogen-bond acceptors (Lipinski definition) is 3. The first kappa shape index (κ1) is 16.0. The van der Waals surface area contributed by atoms with Gasteiger partial charge < -0.3 is 15.6 Å². The molecule has 0 unspecified atom stereocenters. The van der Waals surface area contributed by atoms with Crippen molar-refractivity contribution in [3.8, 4) is 0 Å². The number of hydrogen-bond donors (Lipinski definition) is 2. The molecule has 0 radical (unpaired) electrons. The summed E-state index contributed by atoms with van der Waals surface area (Å²) in [7, 11) is 0. The maximum Gasteiger partial charge on any atom is 0.251 e. The van der Waals surface area contributed by atoms with Gasteiger partial charge in [-0.15, -0.1) is 0 Å². The third kappa shape index (κ3) is 2.60. The molecule has 2 aromatic carbocycles. The molecule has 0 aliphatic rings. The summed E-state index contributed by atoms with van der Waals surface area (Å²) in [6.45, 7) is 6.44. The van der Waals surface area contributed by atoms with Crippen LogP contribution in [0.2, 0.25) is 0 Å². The SMILES string of the molecule is CCn1cnc2c(F)c(Nc3ccc(C)cc3C)c(C(N)=O)cc21. The van der Waals surface area contributed by atoms with Gasteiger partial charge in [0.1, 0.15) is 5.52 Å². The Kier molecular flexibility index (Phi) is 3.97. The van der Waals surface area contributed by atoms with Crippen molar-refractivity contribution in [1.29, 1.82) is 0 Å². The van der Waals surface area contributed by atoms with E-state index in [9.17, 15) is 9.18 Å². The third-order valence-electron chi connectivity index (χ3n) is 4.10. The number of fused-ring (bicyclic) bond motifs is 1. The molecule has 0 saturated carbocycles. The molecule has 24 heavy (non-hydrogen) atoms. The highest BCUT2D eigenvalue weighted by Crippen LogP contribution is 2.31. The molecule has 124 valence electrons. The first-order chi connectivity index (χ1) is 11.4. The Morgan fingerprint density at radius 3 is 2.71 bits per heavy atom. The second-order valence-electron chi connectivity index (χ2n) is 5.82. The van der Waals surface area contributed by atoms with Crippen LogP contribution in [-0.2, 0) is 6.54 Å². The first-order valence-corrected chi connectivity index (χ1v) is 7.73. The van der Waals surface area contributed by atoms with Crippen LogP contribution < -0.4 is 11.1 Å². The Morgan fingerprint density at radius 2 is 2.08 bits per heavy atom. The quantitative estimate of drug-likeness (QED) is 0.768. The lowest BCUT2D eigenvalue weighted by Crippen LogP contribution is -2.15. The molecule has 0 bridgehead atoms. The highest BCUT2D eigenvalue weighted by atomic mass is 19.1. The van der Waals surface area contributed by atoms with Crippen molar-refractivity contribution in [2.45, 2.75) is 27.3 Å². The smallest absolute Gasteiger partial charge is 0.251 e. The van der Waals surface area contributed by atoms with Crippen molar-refractivity contribution in [3.63, 3.8) is 0 Å². The number of aromatic nitrogens is 2. The van der Waals surface area contributed by atoms with Gasteiger partial charge in [0, 0.05) is 12.2 Å². The maximum absolute atomic E-state index is 15.0. The minimum atomic E-state index is -0.688. The maximum atomic E-state index is 15.0. The summed E-state index contributed by atoms with van der Waals surface area (Å²) in [6.07, 6.45) is 1.55. The zero-order valence-corrected chi connectivity index (χ0v) is 13.9. The summed E-state index contributed by atoms with van der Waals surface area (Å²) in [6, 6.07) is 7.34. The monoisotopic (exact) mass is 326 g/mol. The normalized spacial score (nSPS) is 11.0. The molecule has 0 aliphatic heterocycles. The minimum absolute atomic E-state index is 0.0586. The lowest BCUT2D eigenvalue weighted by molar-refractivity contribution is 0.100. The highest BCUT2D eigenvalue weighted by Gasteiger charge is 2.20. The van der Waals surface area contributed by atoms with Crippen LogP contribution in [0.25, 0.3) is 11.0 Å². The Labute approximate surface area is 139 Å². The van der Waals surface area contributed by atoms with E-state index in [2.05, 4.69) is 10.3 Å². The molecule has 3 aromatic rings. The number of benzene rings is 2. The van der Waals surface area contributed by atoms with Gasteiger partial charge in [0.15, 0.2) is 5.82 Å². The molecule has 3 rings (SSSR count). The summed E-state index contributed by atoms with van der Waals surface area (Å²) in [5.74, 6) is -1.26. The van der Waals surface area contributed by atoms with Gasteiger partial charge in [-0.1, -0.05) is 17.7 Å². The largest absolute Gasteiger partial charge is 0.366 e. The highest BCUT2D eigenvalue weighted by molar-refractivity contribution is 6.03. The van der Waals surface area contributed by atoms with Crippen LogP contribution in [0.1, 0.15) is 28.4 Å². The average molecular weight is 326 g/mol. The number of halogens is 1. The van der Waals surface area contributed by atoms with Crippen LogP contribution in [0.15, 0.2) is 30.6 Å². The number of rotatable bonds is 4. The van der Waals surface area contributed by atoms with Gasteiger partial charge in [0.2, 0.25) is 0 Å². The van der Waals surface area contributed by atoms with Gasteiger partial charge in [-0.25, -0.2) is 9.37 Å². The summed E-state index contributed by atoms with van der Waals surface area (Å²) < 4.78 is 16.8. The molecule has 0 spiro atoms. The number of nitrogens with one attached hydrogen (secondary N) is 1. The number of primary amides is 1. The number of imidazole rings is 1. The topological polar surface area (TPSA) is 72.9 Å². The molecule has 1 aromatic heterocycles. The van der Waals surface area contributed by atoms with E-state index in [1.54, 1.807) is 17.0 Å². The second kappa shape index (κ2) is 5.96. The van der Waals surface area contributed by atoms with Crippen LogP contribution in [0.4, 0.5) is 15.8 Å². The van der Waals surface area contributed by atoms with E-state index < -0.39 is 11.7 Å². The van der Waals surface area contributed by atoms with Crippen molar-refractivity contribution >= 4 is 28.3 Å². The minimum Gasteiger partial charge on any atom is -0.366 e. The second-order valence-corrected chi connectivity index (χ2v) is 5.82. The predicted molar refractivity (Wildman–Crippen MR) is 93.1 cm³/mol. The van der Waals surface area contributed by atoms with E-state index in [-0.39, 0.29) is 16.8 Å². The lowest BCUT2D eigenvalue weighted by atomic mass is 10.1. The molecule has 0 atom stereocenters. The lowest BCUT2D eigenvalue weighted by Gasteiger charge is -2.14. The van der Waals surface area contributed by atoms with E-state index >= 15 is 0 Å². The van der Waals surface area contributed by atoms with Gasteiger partial charge in [-0.2, -0.15) is 0 Å². The zero-order valence-electron chi connectivity index (χ0n) is 13.9. The first-order valence-electron chi connectivity index (χ1n) is 7.73. The summed E-state index contributed by atoms with van der Waals surface area (Å²) in [4.78, 5) is 16.0. The zero-order chi connectivity index (χ0) is 17.4. The number of nitrogens with zero attached hydrogens (tertiary/aromatic N) is 2. The van der Waals surface area contributed by atoms with Crippen LogP contribution in [0.5, 0.6) is 0 Å². The Balaban J connectivity index is 2.20. The molecule has 0 fully saturated rings. The Hall–Kier alpha value is -2.89. The standard InChI is InChI=1S/C18H19FN4O/c1-4-23-9-21-17-14(23)8-12(18(20)24)16(15(17)19)22-13-6-5-10(2)7-11(13)3/h5-9,22H,4H2,1-3H3,(H2,20,24). The van der Waals surface area contributed by atoms with E-state index in [4.69, 9.17) is 5.73 Å². The van der Waals surface area contributed by atoms with Crippen LogP contribution in [0, 0.1) is 19.7 Å². The van der Waals surface area contributed by atoms with Crippen LogP contribution in [-0.4, -0.2) is 15.5 Å². The van der Waals surface area contributed by atoms with Gasteiger partial charge in [0.25, 0.3) is 5.91 Å². The van der Waals surface area contributed by atoms with E-state index in [0.717, 1.165) is 16.8 Å². The van der Waals surface area contributed by atoms with Gasteiger partial charge in [-0.3, -0.25) is 4.79 Å². The average Bonchev–Trinajstić information content (AvgIpc) is 2.95. The molecule has 1 heterocycles. The number of carbonyl (C=O) groups excluding carboxylic acids is 1. The summed E-state index contributed by atoms with van der Waals surface area (Å²) in [5, 5.41) is 3.01. The van der Waals surface area contributed by atoms with Crippen LogP contribution in [0.3, 0.4) is 0 Å². The molecule has 5 nitrogen and oxygen atoms in total. The molecule has 0 saturated heterocycles. The Bertz CT molecular complexity index is 946. The molecule has 6 heteroatoms. The summed E-state index contributed by atoms with van der Waals surface area (Å²) >= 11 is 0. The van der Waals surface area contributed by atoms with Gasteiger partial charge >= 0.3 is 0 Å². The van der Waals surface area contributed by atoms with Crippen molar-refractivity contribution < 1.29 is 9.18 Å². The van der Waals surface area contributed by atoms with E-state index in [0.29, 0.717) is 12.1 Å². The van der Waals surface area contributed by atoms with E-state index in [1.807, 2.05) is 39.0 Å². The molecular weight excluding hydrogens is 307 g/mol. The number of carbonyl (C=O) groups is 1. The van der Waals surface area contributed by atoms with Crippen LogP contribution >= 0.6 is 0 Å². The molecule has 3 N–H and O–H groups in total. The van der Waals surface area contributed by atoms with E-state index in [1.165, 1.54) is 0 Å². The third-order valence-corrected chi connectivity index (χ3v) is 4.10. The van der Waals surface area contributed by atoms with Crippen molar-refractivity contribution in [3.05, 3.63) is 53.1 Å². The number of anilines is 2. The predicted octanol–water partition coefficient (Wildman–Crippen LogP) is 3.65. The fourth-order valence-corrected chi connectivity index (χ4v) is 2.81. The summed E-state index contributed by atoms with van der Waals surface area (Å²) in [5.41, 5.74) is 9.18. The van der Waals surface area contributed by atoms with Gasteiger partial charge in [-0.05, 0) is 38.5 Å². The van der Waals surface area contributed by atoms with Crippen molar-refractivity contribution in [2.24, 2.45) is 5.73 Å². The molecule has 1 amide bonds. The van der Waals surface area contributed by atoms with Gasteiger partial charge in [0.05, 0.1) is 23.1 Å². The fraction of sp³-hybridized carbons (Fsp3) is 0.222. The van der Waals surface area contributed by atoms with Crippen molar-refractivity contribution in [2.75, 3.05) is 5.32 Å². The Morgan fingerprint density at radius 1 is 1.33 bits per heavy atom. The van der Waals surface area contributed by atoms with Crippen molar-refractivity contribution in [1.82, 2.24) is 9.55 Å². The molecule has 0 aliphatic carbocycles. The molecular formula is C18H19FN4O. The number of amides is 1. The fourth-order valence-electron chi connectivity index (χ4n) is 2.81. The number of aryl methyl sites for hydroxylation is 3. The number of nitrogens with two attached hydrogens (primary N) is 1.